The van der Waals surface area contributed by atoms with Crippen molar-refractivity contribution >= 4 is 16.8 Å². The summed E-state index contributed by atoms with van der Waals surface area (Å²) in [6.07, 6.45) is 1.41. The maximum absolute atomic E-state index is 13.0. The molecule has 0 aliphatic rings. The van der Waals surface area contributed by atoms with Crippen LogP contribution in [0.1, 0.15) is 27.0 Å². The third kappa shape index (κ3) is 4.03. The monoisotopic (exact) mass is 369 g/mol. The lowest BCUT2D eigenvalue weighted by Crippen LogP contribution is -2.29. The molecule has 0 bridgehead atoms. The highest BCUT2D eigenvalue weighted by Gasteiger charge is 2.21. The lowest BCUT2D eigenvalue weighted by molar-refractivity contribution is 0.103. The Labute approximate surface area is 157 Å². The zero-order valence-electron chi connectivity index (χ0n) is 15.2. The molecule has 0 amide bonds. The van der Waals surface area contributed by atoms with Crippen LogP contribution in [0.5, 0.6) is 5.75 Å². The molecular formula is C21H23NO5. The molecule has 0 saturated heterocycles. The molecule has 0 unspecified atom stereocenters. The van der Waals surface area contributed by atoms with E-state index >= 15 is 0 Å². The number of aliphatic hydroxyl groups is 2. The van der Waals surface area contributed by atoms with Gasteiger partial charge in [0.2, 0.25) is 0 Å². The van der Waals surface area contributed by atoms with E-state index in [4.69, 9.17) is 4.42 Å². The fourth-order valence-corrected chi connectivity index (χ4v) is 3.15. The fraction of sp³-hybridized carbons (Fsp3) is 0.286. The van der Waals surface area contributed by atoms with Crippen LogP contribution in [0.2, 0.25) is 0 Å². The normalized spacial score (nSPS) is 11.4. The van der Waals surface area contributed by atoms with Crippen LogP contribution in [-0.4, -0.2) is 52.3 Å². The Morgan fingerprint density at radius 2 is 1.70 bits per heavy atom. The summed E-state index contributed by atoms with van der Waals surface area (Å²) in [5, 5.41) is 29.5. The molecule has 3 aromatic rings. The van der Waals surface area contributed by atoms with Gasteiger partial charge in [0.25, 0.3) is 0 Å². The van der Waals surface area contributed by atoms with Gasteiger partial charge in [0, 0.05) is 36.1 Å². The number of hydrogen-bond donors (Lipinski definition) is 3. The summed E-state index contributed by atoms with van der Waals surface area (Å²) in [4.78, 5) is 14.8. The van der Waals surface area contributed by atoms with E-state index in [1.54, 1.807) is 18.2 Å². The van der Waals surface area contributed by atoms with E-state index in [1.165, 1.54) is 12.3 Å². The maximum atomic E-state index is 13.0. The molecule has 27 heavy (non-hydrogen) atoms. The second kappa shape index (κ2) is 8.35. The Morgan fingerprint density at radius 3 is 2.33 bits per heavy atom. The zero-order valence-corrected chi connectivity index (χ0v) is 15.2. The van der Waals surface area contributed by atoms with Crippen molar-refractivity contribution in [3.8, 4) is 5.75 Å². The average Bonchev–Trinajstić information content (AvgIpc) is 3.09. The van der Waals surface area contributed by atoms with Crippen LogP contribution in [0.15, 0.2) is 47.1 Å². The Bertz CT molecular complexity index is 924. The number of carbonyl (C=O) groups excluding carboxylic acids is 1. The van der Waals surface area contributed by atoms with E-state index in [1.807, 2.05) is 24.0 Å². The van der Waals surface area contributed by atoms with Gasteiger partial charge >= 0.3 is 0 Å². The number of fused-ring (bicyclic) bond motifs is 1. The SMILES string of the molecule is Cc1ccc(C(=O)c2coc3ccc(O)c(CN(CCO)CCO)c23)cc1. The Hall–Kier alpha value is -2.67. The minimum Gasteiger partial charge on any atom is -0.508 e. The van der Waals surface area contributed by atoms with Crippen LogP contribution in [0.25, 0.3) is 11.0 Å². The molecule has 3 N–H and O–H groups in total. The molecule has 142 valence electrons. The standard InChI is InChI=1S/C21H23NO5/c1-14-2-4-15(5-3-14)21(26)17-13-27-19-7-6-18(25)16(20(17)19)12-22(8-10-23)9-11-24/h2-7,13,23-25H,8-12H2,1H3. The van der Waals surface area contributed by atoms with Crippen LogP contribution in [0.3, 0.4) is 0 Å². The number of carbonyl (C=O) groups is 1. The van der Waals surface area contributed by atoms with Crippen LogP contribution < -0.4 is 0 Å². The first-order valence-corrected chi connectivity index (χ1v) is 8.82. The van der Waals surface area contributed by atoms with Gasteiger partial charge in [-0.3, -0.25) is 9.69 Å². The largest absolute Gasteiger partial charge is 0.508 e. The van der Waals surface area contributed by atoms with E-state index in [-0.39, 0.29) is 31.3 Å². The Balaban J connectivity index is 2.06. The van der Waals surface area contributed by atoms with Crippen LogP contribution in [-0.2, 0) is 6.54 Å². The van der Waals surface area contributed by atoms with Gasteiger partial charge in [-0.25, -0.2) is 0 Å². The zero-order chi connectivity index (χ0) is 19.4. The van der Waals surface area contributed by atoms with Crippen molar-refractivity contribution in [3.05, 3.63) is 64.9 Å². The van der Waals surface area contributed by atoms with Crippen molar-refractivity contribution in [3.63, 3.8) is 0 Å². The predicted octanol–water partition coefficient (Wildman–Crippen LogP) is 2.46. The van der Waals surface area contributed by atoms with Gasteiger partial charge < -0.3 is 19.7 Å². The number of aryl methyl sites for hydroxylation is 1. The second-order valence-electron chi connectivity index (χ2n) is 6.50. The number of aromatic hydroxyl groups is 1. The van der Waals surface area contributed by atoms with Crippen LogP contribution in [0, 0.1) is 6.92 Å². The van der Waals surface area contributed by atoms with Crippen molar-refractivity contribution in [2.45, 2.75) is 13.5 Å². The van der Waals surface area contributed by atoms with Gasteiger partial charge in [0.05, 0.1) is 18.8 Å². The number of nitrogens with zero attached hydrogens (tertiary/aromatic N) is 1. The number of phenols is 1. The summed E-state index contributed by atoms with van der Waals surface area (Å²) in [6, 6.07) is 10.4. The van der Waals surface area contributed by atoms with E-state index in [0.29, 0.717) is 40.7 Å². The molecule has 0 atom stereocenters. The van der Waals surface area contributed by atoms with Gasteiger partial charge in [-0.15, -0.1) is 0 Å². The number of hydrogen-bond acceptors (Lipinski definition) is 6. The lowest BCUT2D eigenvalue weighted by Gasteiger charge is -2.21. The van der Waals surface area contributed by atoms with Crippen molar-refractivity contribution in [2.24, 2.45) is 0 Å². The molecule has 0 aliphatic carbocycles. The van der Waals surface area contributed by atoms with Gasteiger partial charge in [-0.05, 0) is 19.1 Å². The third-order valence-corrected chi connectivity index (χ3v) is 4.60. The van der Waals surface area contributed by atoms with Gasteiger partial charge in [-0.2, -0.15) is 0 Å². The number of benzene rings is 2. The molecule has 0 fully saturated rings. The van der Waals surface area contributed by atoms with E-state index in [0.717, 1.165) is 5.56 Å². The Kier molecular flexibility index (Phi) is 5.91. The second-order valence-corrected chi connectivity index (χ2v) is 6.50. The molecule has 6 nitrogen and oxygen atoms in total. The number of ketones is 1. The smallest absolute Gasteiger partial charge is 0.196 e. The van der Waals surface area contributed by atoms with Crippen LogP contribution >= 0.6 is 0 Å². The van der Waals surface area contributed by atoms with Crippen molar-refractivity contribution in [2.75, 3.05) is 26.3 Å². The first kappa shape index (κ1) is 19.1. The summed E-state index contributed by atoms with van der Waals surface area (Å²) in [7, 11) is 0. The first-order valence-electron chi connectivity index (χ1n) is 8.82. The van der Waals surface area contributed by atoms with E-state index in [2.05, 4.69) is 0 Å². The summed E-state index contributed by atoms with van der Waals surface area (Å²) in [6.45, 7) is 2.77. The van der Waals surface area contributed by atoms with Crippen LogP contribution in [0.4, 0.5) is 0 Å². The van der Waals surface area contributed by atoms with Gasteiger partial charge in [0.1, 0.15) is 17.6 Å². The molecule has 3 rings (SSSR count). The molecule has 0 saturated carbocycles. The molecule has 1 heterocycles. The number of aliphatic hydroxyl groups excluding tert-OH is 2. The molecule has 1 aromatic heterocycles. The quantitative estimate of drug-likeness (QED) is 0.528. The minimum atomic E-state index is -0.184. The summed E-state index contributed by atoms with van der Waals surface area (Å²) in [5.41, 5.74) is 3.03. The topological polar surface area (TPSA) is 94.1 Å². The summed E-state index contributed by atoms with van der Waals surface area (Å²) < 4.78 is 5.56. The molecule has 6 heteroatoms. The number of furan rings is 1. The van der Waals surface area contributed by atoms with E-state index in [9.17, 15) is 20.1 Å². The van der Waals surface area contributed by atoms with Crippen molar-refractivity contribution < 1.29 is 24.5 Å². The van der Waals surface area contributed by atoms with Crippen molar-refractivity contribution in [1.82, 2.24) is 4.90 Å². The first-order chi connectivity index (χ1) is 13.0. The highest BCUT2D eigenvalue weighted by Crippen LogP contribution is 2.33. The Morgan fingerprint density at radius 1 is 1.04 bits per heavy atom. The van der Waals surface area contributed by atoms with Gasteiger partial charge in [-0.1, -0.05) is 29.8 Å². The summed E-state index contributed by atoms with van der Waals surface area (Å²) >= 11 is 0. The molecular weight excluding hydrogens is 346 g/mol. The fourth-order valence-electron chi connectivity index (χ4n) is 3.15. The average molecular weight is 369 g/mol. The molecule has 2 aromatic carbocycles. The molecule has 0 spiro atoms. The summed E-state index contributed by atoms with van der Waals surface area (Å²) in [5.74, 6) is -0.140. The maximum Gasteiger partial charge on any atom is 0.196 e. The lowest BCUT2D eigenvalue weighted by atomic mass is 9.98. The minimum absolute atomic E-state index is 0.0442. The highest BCUT2D eigenvalue weighted by atomic mass is 16.3. The number of phenolic OH excluding ortho intramolecular Hbond substituents is 1. The number of rotatable bonds is 8. The molecule has 0 radical (unpaired) electrons. The van der Waals surface area contributed by atoms with Gasteiger partial charge in [0.15, 0.2) is 5.78 Å². The van der Waals surface area contributed by atoms with E-state index < -0.39 is 0 Å². The molecule has 0 aliphatic heterocycles. The highest BCUT2D eigenvalue weighted by molar-refractivity contribution is 6.16. The predicted molar refractivity (Wildman–Crippen MR) is 102 cm³/mol. The van der Waals surface area contributed by atoms with Crippen molar-refractivity contribution in [1.29, 1.82) is 0 Å². The third-order valence-electron chi connectivity index (χ3n) is 4.60.